The maximum atomic E-state index is 11.8. The Labute approximate surface area is 99.8 Å². The van der Waals surface area contributed by atoms with Gasteiger partial charge in [-0.25, -0.2) is 0 Å². The molecular formula is C12H16N2O3. The minimum Gasteiger partial charge on any atom is -0.506 e. The third-order valence-corrected chi connectivity index (χ3v) is 2.87. The van der Waals surface area contributed by atoms with E-state index in [9.17, 15) is 9.90 Å². The van der Waals surface area contributed by atoms with Gasteiger partial charge in [-0.3, -0.25) is 9.78 Å². The Morgan fingerprint density at radius 3 is 3.12 bits per heavy atom. The van der Waals surface area contributed by atoms with Gasteiger partial charge in [0.2, 0.25) is 0 Å². The van der Waals surface area contributed by atoms with Crippen molar-refractivity contribution in [3.05, 3.63) is 24.0 Å². The second-order valence-corrected chi connectivity index (χ2v) is 4.25. The molecule has 5 heteroatoms. The monoisotopic (exact) mass is 236 g/mol. The Balaban J connectivity index is 1.96. The van der Waals surface area contributed by atoms with Crippen molar-refractivity contribution >= 4 is 5.91 Å². The molecule has 5 nitrogen and oxygen atoms in total. The van der Waals surface area contributed by atoms with Gasteiger partial charge in [-0.2, -0.15) is 0 Å². The predicted molar refractivity (Wildman–Crippen MR) is 61.8 cm³/mol. The van der Waals surface area contributed by atoms with Crippen LogP contribution in [0.25, 0.3) is 0 Å². The van der Waals surface area contributed by atoms with Crippen LogP contribution in [-0.4, -0.2) is 34.8 Å². The first-order valence-electron chi connectivity index (χ1n) is 5.73. The summed E-state index contributed by atoms with van der Waals surface area (Å²) in [6.07, 6.45) is 4.82. The lowest BCUT2D eigenvalue weighted by atomic mass is 10.1. The number of aromatic hydroxyl groups is 1. The van der Waals surface area contributed by atoms with Crippen molar-refractivity contribution in [2.75, 3.05) is 6.61 Å². The molecule has 0 radical (unpaired) electrons. The zero-order chi connectivity index (χ0) is 12.3. The van der Waals surface area contributed by atoms with Gasteiger partial charge in [0.1, 0.15) is 5.75 Å². The average molecular weight is 236 g/mol. The summed E-state index contributed by atoms with van der Waals surface area (Å²) in [5.74, 6) is -0.251. The zero-order valence-electron chi connectivity index (χ0n) is 9.72. The average Bonchev–Trinajstić information content (AvgIpc) is 2.82. The molecule has 2 N–H and O–H groups in total. The lowest BCUT2D eigenvalue weighted by Crippen LogP contribution is -2.40. The molecule has 1 aliphatic rings. The van der Waals surface area contributed by atoms with Crippen LogP contribution in [0.15, 0.2) is 18.5 Å². The molecule has 0 bridgehead atoms. The van der Waals surface area contributed by atoms with Crippen LogP contribution in [0.1, 0.15) is 30.1 Å². The molecule has 0 aromatic carbocycles. The highest BCUT2D eigenvalue weighted by atomic mass is 16.5. The molecule has 0 aliphatic carbocycles. The fourth-order valence-corrected chi connectivity index (χ4v) is 1.93. The lowest BCUT2D eigenvalue weighted by molar-refractivity contribution is 0.0712. The van der Waals surface area contributed by atoms with E-state index >= 15 is 0 Å². The van der Waals surface area contributed by atoms with Crippen LogP contribution in [0, 0.1) is 0 Å². The summed E-state index contributed by atoms with van der Waals surface area (Å²) in [5.41, 5.74) is 0.356. The summed E-state index contributed by atoms with van der Waals surface area (Å²) < 4.78 is 5.50. The molecule has 92 valence electrons. The van der Waals surface area contributed by atoms with Crippen LogP contribution in [-0.2, 0) is 4.74 Å². The molecule has 0 saturated carbocycles. The molecule has 1 aromatic rings. The third kappa shape index (κ3) is 2.94. The molecule has 2 unspecified atom stereocenters. The summed E-state index contributed by atoms with van der Waals surface area (Å²) in [4.78, 5) is 15.6. The van der Waals surface area contributed by atoms with E-state index in [1.807, 2.05) is 6.92 Å². The maximum absolute atomic E-state index is 11.8. The van der Waals surface area contributed by atoms with E-state index in [-0.39, 0.29) is 23.8 Å². The summed E-state index contributed by atoms with van der Waals surface area (Å²) in [7, 11) is 0. The van der Waals surface area contributed by atoms with Crippen molar-refractivity contribution in [2.24, 2.45) is 0 Å². The third-order valence-electron chi connectivity index (χ3n) is 2.87. The minimum atomic E-state index is -0.239. The Morgan fingerprint density at radius 2 is 2.47 bits per heavy atom. The highest BCUT2D eigenvalue weighted by molar-refractivity contribution is 5.94. The van der Waals surface area contributed by atoms with E-state index < -0.39 is 0 Å². The maximum Gasteiger partial charge on any atom is 0.253 e. The Bertz CT molecular complexity index is 402. The molecule has 1 aliphatic heterocycles. The molecular weight excluding hydrogens is 220 g/mol. The summed E-state index contributed by atoms with van der Waals surface area (Å²) in [5, 5.41) is 12.1. The van der Waals surface area contributed by atoms with Crippen LogP contribution in [0.4, 0.5) is 0 Å². The second-order valence-electron chi connectivity index (χ2n) is 4.25. The van der Waals surface area contributed by atoms with Crippen LogP contribution in [0.5, 0.6) is 5.75 Å². The number of nitrogens with one attached hydrogen (secondary N) is 1. The molecule has 2 rings (SSSR count). The fraction of sp³-hybridized carbons (Fsp3) is 0.500. The first kappa shape index (κ1) is 11.9. The van der Waals surface area contributed by atoms with Crippen LogP contribution >= 0.6 is 0 Å². The molecule has 1 saturated heterocycles. The molecule has 1 aromatic heterocycles. The largest absolute Gasteiger partial charge is 0.506 e. The van der Waals surface area contributed by atoms with Gasteiger partial charge in [-0.05, 0) is 25.8 Å². The van der Waals surface area contributed by atoms with Crippen molar-refractivity contribution in [2.45, 2.75) is 31.9 Å². The van der Waals surface area contributed by atoms with Crippen LogP contribution < -0.4 is 5.32 Å². The van der Waals surface area contributed by atoms with Crippen molar-refractivity contribution in [3.8, 4) is 5.75 Å². The number of amides is 1. The SMILES string of the molecule is CC(NC(=O)c1cncc(O)c1)C1CCCO1. The highest BCUT2D eigenvalue weighted by Crippen LogP contribution is 2.16. The van der Waals surface area contributed by atoms with E-state index in [4.69, 9.17) is 4.74 Å². The number of carbonyl (C=O) groups is 1. The van der Waals surface area contributed by atoms with Gasteiger partial charge in [0.15, 0.2) is 0 Å². The topological polar surface area (TPSA) is 71.5 Å². The van der Waals surface area contributed by atoms with Crippen LogP contribution in [0.3, 0.4) is 0 Å². The molecule has 0 spiro atoms. The molecule has 17 heavy (non-hydrogen) atoms. The Hall–Kier alpha value is -1.62. The normalized spacial score (nSPS) is 21.1. The van der Waals surface area contributed by atoms with E-state index in [2.05, 4.69) is 10.3 Å². The molecule has 1 fully saturated rings. The summed E-state index contributed by atoms with van der Waals surface area (Å²) >= 11 is 0. The number of nitrogens with zero attached hydrogens (tertiary/aromatic N) is 1. The summed E-state index contributed by atoms with van der Waals surface area (Å²) in [6.45, 7) is 2.68. The minimum absolute atomic E-state index is 0.0116. The fourth-order valence-electron chi connectivity index (χ4n) is 1.93. The van der Waals surface area contributed by atoms with Gasteiger partial charge in [0.25, 0.3) is 5.91 Å². The molecule has 2 heterocycles. The quantitative estimate of drug-likeness (QED) is 0.824. The van der Waals surface area contributed by atoms with Gasteiger partial charge in [-0.15, -0.1) is 0 Å². The van der Waals surface area contributed by atoms with Gasteiger partial charge >= 0.3 is 0 Å². The first-order valence-corrected chi connectivity index (χ1v) is 5.73. The number of hydrogen-bond donors (Lipinski definition) is 2. The molecule has 2 atom stereocenters. The lowest BCUT2D eigenvalue weighted by Gasteiger charge is -2.19. The zero-order valence-corrected chi connectivity index (χ0v) is 9.72. The summed E-state index contributed by atoms with van der Waals surface area (Å²) in [6, 6.07) is 1.36. The van der Waals surface area contributed by atoms with Crippen molar-refractivity contribution in [1.29, 1.82) is 0 Å². The number of hydrogen-bond acceptors (Lipinski definition) is 4. The number of rotatable bonds is 3. The van der Waals surface area contributed by atoms with Gasteiger partial charge in [0, 0.05) is 12.8 Å². The Kier molecular flexibility index (Phi) is 3.58. The highest BCUT2D eigenvalue weighted by Gasteiger charge is 2.24. The number of pyridine rings is 1. The van der Waals surface area contributed by atoms with Crippen LogP contribution in [0.2, 0.25) is 0 Å². The number of ether oxygens (including phenoxy) is 1. The van der Waals surface area contributed by atoms with E-state index in [0.29, 0.717) is 5.56 Å². The molecule has 1 amide bonds. The number of aromatic nitrogens is 1. The Morgan fingerprint density at radius 1 is 1.65 bits per heavy atom. The van der Waals surface area contributed by atoms with Crippen molar-refractivity contribution in [3.63, 3.8) is 0 Å². The standard InChI is InChI=1S/C12H16N2O3/c1-8(11-3-2-4-17-11)14-12(16)9-5-10(15)7-13-6-9/h5-8,11,15H,2-4H2,1H3,(H,14,16). The predicted octanol–water partition coefficient (Wildman–Crippen LogP) is 1.08. The van der Waals surface area contributed by atoms with E-state index in [1.165, 1.54) is 18.5 Å². The van der Waals surface area contributed by atoms with Gasteiger partial charge in [-0.1, -0.05) is 0 Å². The van der Waals surface area contributed by atoms with Gasteiger partial charge < -0.3 is 15.2 Å². The van der Waals surface area contributed by atoms with Gasteiger partial charge in [0.05, 0.1) is 23.9 Å². The smallest absolute Gasteiger partial charge is 0.253 e. The first-order chi connectivity index (χ1) is 8.16. The van der Waals surface area contributed by atoms with Crippen molar-refractivity contribution < 1.29 is 14.6 Å². The second kappa shape index (κ2) is 5.14. The van der Waals surface area contributed by atoms with E-state index in [1.54, 1.807) is 0 Å². The van der Waals surface area contributed by atoms with E-state index in [0.717, 1.165) is 19.4 Å². The number of carbonyl (C=O) groups excluding carboxylic acids is 1. The van der Waals surface area contributed by atoms with Crippen molar-refractivity contribution in [1.82, 2.24) is 10.3 Å².